The molecule has 2 nitrogen and oxygen atoms in total. The maximum absolute atomic E-state index is 5.31. The van der Waals surface area contributed by atoms with E-state index < -0.39 is 0 Å². The summed E-state index contributed by atoms with van der Waals surface area (Å²) in [5.74, 6) is 0. The fourth-order valence-electron chi connectivity index (χ4n) is 2.09. The molecule has 1 unspecified atom stereocenters. The van der Waals surface area contributed by atoms with Crippen LogP contribution in [0.1, 0.15) is 25.7 Å². The fraction of sp³-hybridized carbons (Fsp3) is 0.900. The number of hydrogen-bond donors (Lipinski definition) is 1. The van der Waals surface area contributed by atoms with Crippen molar-refractivity contribution in [3.63, 3.8) is 0 Å². The summed E-state index contributed by atoms with van der Waals surface area (Å²) in [5, 5.41) is 3.46. The molecule has 1 saturated heterocycles. The number of rotatable bonds is 3. The van der Waals surface area contributed by atoms with E-state index in [2.05, 4.69) is 17.3 Å². The Labute approximate surface area is 85.7 Å². The number of hydrogen-bond acceptors (Lipinski definition) is 3. The molecule has 1 aliphatic carbocycles. The van der Waals surface area contributed by atoms with Crippen LogP contribution in [-0.4, -0.2) is 42.0 Å². The van der Waals surface area contributed by atoms with Crippen LogP contribution < -0.4 is 5.32 Å². The van der Waals surface area contributed by atoms with Crippen LogP contribution >= 0.6 is 12.2 Å². The van der Waals surface area contributed by atoms with Crippen LogP contribution in [0.3, 0.4) is 0 Å². The maximum atomic E-state index is 5.31. The van der Waals surface area contributed by atoms with Gasteiger partial charge in [0.1, 0.15) is 0 Å². The molecule has 1 aliphatic heterocycles. The van der Waals surface area contributed by atoms with Gasteiger partial charge in [0.05, 0.1) is 6.04 Å². The second-order valence-corrected chi connectivity index (χ2v) is 4.77. The maximum Gasteiger partial charge on any atom is 0.0513 e. The summed E-state index contributed by atoms with van der Waals surface area (Å²) in [7, 11) is 2.23. The standard InChI is InChI=1S/C10H18N2S/c1-12(8-3-2-4-8)7-9-10(13)5-6-11-9/h8-9,11H,2-7H2,1H3. The second kappa shape index (κ2) is 4.03. The van der Waals surface area contributed by atoms with Crippen LogP contribution in [0.2, 0.25) is 0 Å². The highest BCUT2D eigenvalue weighted by Gasteiger charge is 2.27. The van der Waals surface area contributed by atoms with E-state index >= 15 is 0 Å². The molecule has 1 N–H and O–H groups in total. The van der Waals surface area contributed by atoms with Gasteiger partial charge in [-0.1, -0.05) is 18.6 Å². The third kappa shape index (κ3) is 2.09. The molecule has 0 spiro atoms. The average molecular weight is 198 g/mol. The molecule has 1 heterocycles. The summed E-state index contributed by atoms with van der Waals surface area (Å²) in [5.41, 5.74) is 0. The average Bonchev–Trinajstić information content (AvgIpc) is 2.32. The highest BCUT2D eigenvalue weighted by molar-refractivity contribution is 7.80. The van der Waals surface area contributed by atoms with Gasteiger partial charge in [-0.15, -0.1) is 0 Å². The van der Waals surface area contributed by atoms with E-state index in [-0.39, 0.29) is 0 Å². The molecule has 0 amide bonds. The summed E-state index contributed by atoms with van der Waals surface area (Å²) in [6, 6.07) is 1.32. The van der Waals surface area contributed by atoms with Crippen molar-refractivity contribution in [2.24, 2.45) is 0 Å². The predicted molar refractivity (Wildman–Crippen MR) is 59.3 cm³/mol. The Bertz CT molecular complexity index is 201. The lowest BCUT2D eigenvalue weighted by Crippen LogP contribution is -2.45. The van der Waals surface area contributed by atoms with Gasteiger partial charge in [0.15, 0.2) is 0 Å². The SMILES string of the molecule is CN(CC1NCCC1=S)C1CCC1. The molecule has 2 fully saturated rings. The first-order valence-corrected chi connectivity index (χ1v) is 5.64. The van der Waals surface area contributed by atoms with Gasteiger partial charge in [-0.25, -0.2) is 0 Å². The van der Waals surface area contributed by atoms with E-state index in [1.54, 1.807) is 0 Å². The molecule has 1 atom stereocenters. The fourth-order valence-corrected chi connectivity index (χ4v) is 2.35. The molecule has 0 aromatic rings. The Morgan fingerprint density at radius 3 is 2.77 bits per heavy atom. The van der Waals surface area contributed by atoms with Gasteiger partial charge in [-0.05, 0) is 26.3 Å². The minimum atomic E-state index is 0.487. The van der Waals surface area contributed by atoms with E-state index in [0.29, 0.717) is 6.04 Å². The summed E-state index contributed by atoms with van der Waals surface area (Å²) < 4.78 is 0. The summed E-state index contributed by atoms with van der Waals surface area (Å²) in [4.78, 5) is 3.70. The molecule has 13 heavy (non-hydrogen) atoms. The van der Waals surface area contributed by atoms with Gasteiger partial charge in [0, 0.05) is 24.0 Å². The number of nitrogens with one attached hydrogen (secondary N) is 1. The van der Waals surface area contributed by atoms with Crippen LogP contribution in [0, 0.1) is 0 Å². The van der Waals surface area contributed by atoms with Crippen molar-refractivity contribution in [3.8, 4) is 0 Å². The minimum absolute atomic E-state index is 0.487. The zero-order valence-electron chi connectivity index (χ0n) is 8.25. The normalized spacial score (nSPS) is 29.7. The van der Waals surface area contributed by atoms with Gasteiger partial charge in [-0.2, -0.15) is 0 Å². The van der Waals surface area contributed by atoms with E-state index in [4.69, 9.17) is 12.2 Å². The number of likely N-dealkylation sites (N-methyl/N-ethyl adjacent to an activating group) is 1. The highest BCUT2D eigenvalue weighted by Crippen LogP contribution is 2.23. The molecule has 0 bridgehead atoms. The Balaban J connectivity index is 1.79. The largest absolute Gasteiger partial charge is 0.308 e. The third-order valence-corrected chi connectivity index (χ3v) is 3.81. The quantitative estimate of drug-likeness (QED) is 0.686. The first-order valence-electron chi connectivity index (χ1n) is 5.23. The highest BCUT2D eigenvalue weighted by atomic mass is 32.1. The lowest BCUT2D eigenvalue weighted by Gasteiger charge is -2.36. The van der Waals surface area contributed by atoms with Crippen molar-refractivity contribution < 1.29 is 0 Å². The van der Waals surface area contributed by atoms with Crippen molar-refractivity contribution in [2.75, 3.05) is 20.1 Å². The summed E-state index contributed by atoms with van der Waals surface area (Å²) in [6.07, 6.45) is 5.28. The topological polar surface area (TPSA) is 15.3 Å². The summed E-state index contributed by atoms with van der Waals surface area (Å²) >= 11 is 5.31. The second-order valence-electron chi connectivity index (χ2n) is 4.25. The number of thiocarbonyl (C=S) groups is 1. The first kappa shape index (κ1) is 9.56. The van der Waals surface area contributed by atoms with Crippen LogP contribution in [0.25, 0.3) is 0 Å². The van der Waals surface area contributed by atoms with Gasteiger partial charge < -0.3 is 10.2 Å². The van der Waals surface area contributed by atoms with Crippen molar-refractivity contribution in [3.05, 3.63) is 0 Å². The van der Waals surface area contributed by atoms with Crippen molar-refractivity contribution in [2.45, 2.75) is 37.8 Å². The lowest BCUT2D eigenvalue weighted by molar-refractivity contribution is 0.156. The smallest absolute Gasteiger partial charge is 0.0513 e. The van der Waals surface area contributed by atoms with E-state index in [0.717, 1.165) is 25.6 Å². The molecule has 3 heteroatoms. The summed E-state index contributed by atoms with van der Waals surface area (Å²) in [6.45, 7) is 2.20. The molecule has 74 valence electrons. The lowest BCUT2D eigenvalue weighted by atomic mass is 9.91. The van der Waals surface area contributed by atoms with Gasteiger partial charge >= 0.3 is 0 Å². The molecular weight excluding hydrogens is 180 g/mol. The van der Waals surface area contributed by atoms with Crippen LogP contribution in [0.4, 0.5) is 0 Å². The van der Waals surface area contributed by atoms with Gasteiger partial charge in [0.2, 0.25) is 0 Å². The Kier molecular flexibility index (Phi) is 2.96. The molecule has 0 aromatic carbocycles. The van der Waals surface area contributed by atoms with Crippen LogP contribution in [0.15, 0.2) is 0 Å². The Morgan fingerprint density at radius 1 is 1.54 bits per heavy atom. The zero-order valence-corrected chi connectivity index (χ0v) is 9.07. The predicted octanol–water partition coefficient (Wildman–Crippen LogP) is 1.20. The first-order chi connectivity index (χ1) is 6.27. The van der Waals surface area contributed by atoms with Crippen molar-refractivity contribution in [1.82, 2.24) is 10.2 Å². The van der Waals surface area contributed by atoms with Crippen molar-refractivity contribution in [1.29, 1.82) is 0 Å². The minimum Gasteiger partial charge on any atom is -0.308 e. The van der Waals surface area contributed by atoms with E-state index in [1.807, 2.05) is 0 Å². The third-order valence-electron chi connectivity index (χ3n) is 3.32. The molecule has 2 rings (SSSR count). The van der Waals surface area contributed by atoms with Crippen LogP contribution in [0.5, 0.6) is 0 Å². The van der Waals surface area contributed by atoms with E-state index in [1.165, 1.54) is 24.1 Å². The van der Waals surface area contributed by atoms with Crippen LogP contribution in [-0.2, 0) is 0 Å². The van der Waals surface area contributed by atoms with Gasteiger partial charge in [0.25, 0.3) is 0 Å². The Morgan fingerprint density at radius 2 is 2.31 bits per heavy atom. The molecule has 1 saturated carbocycles. The molecular formula is C10H18N2S. The Hall–Kier alpha value is 0.01000. The monoisotopic (exact) mass is 198 g/mol. The molecule has 0 radical (unpaired) electrons. The van der Waals surface area contributed by atoms with Crippen molar-refractivity contribution >= 4 is 17.1 Å². The van der Waals surface area contributed by atoms with E-state index in [9.17, 15) is 0 Å². The molecule has 2 aliphatic rings. The number of nitrogens with zero attached hydrogens (tertiary/aromatic N) is 1. The molecule has 0 aromatic heterocycles. The zero-order chi connectivity index (χ0) is 9.26. The van der Waals surface area contributed by atoms with Gasteiger partial charge in [-0.3, -0.25) is 0 Å².